The topological polar surface area (TPSA) is 48.4 Å². The van der Waals surface area contributed by atoms with E-state index in [9.17, 15) is 4.79 Å². The smallest absolute Gasteiger partial charge is 0.330 e. The molecule has 0 saturated heterocycles. The molecule has 0 spiro atoms. The first kappa shape index (κ1) is 24.0. The summed E-state index contributed by atoms with van der Waals surface area (Å²) < 4.78 is 11.5. The van der Waals surface area contributed by atoms with Gasteiger partial charge in [0.15, 0.2) is 0 Å². The fourth-order valence-electron chi connectivity index (χ4n) is 7.44. The Balaban J connectivity index is 1.31. The molecule has 4 heteroatoms. The number of rotatable bonds is 8. The van der Waals surface area contributed by atoms with Crippen LogP contribution in [0.3, 0.4) is 0 Å². The van der Waals surface area contributed by atoms with Crippen molar-refractivity contribution in [1.29, 1.82) is 0 Å². The highest BCUT2D eigenvalue weighted by atomic mass is 16.5. The van der Waals surface area contributed by atoms with Crippen LogP contribution in [0.5, 0.6) is 5.75 Å². The largest absolute Gasteiger partial charge is 0.489 e. The van der Waals surface area contributed by atoms with E-state index in [2.05, 4.69) is 53.5 Å². The lowest BCUT2D eigenvalue weighted by Gasteiger charge is -2.57. The van der Waals surface area contributed by atoms with Gasteiger partial charge in [-0.3, -0.25) is 4.98 Å². The number of hydrogen-bond donors (Lipinski definition) is 0. The molecule has 0 atom stereocenters. The van der Waals surface area contributed by atoms with Crippen molar-refractivity contribution < 1.29 is 14.3 Å². The number of esters is 1. The highest BCUT2D eigenvalue weighted by Gasteiger charge is 2.52. The van der Waals surface area contributed by atoms with Gasteiger partial charge in [0.05, 0.1) is 12.3 Å². The minimum absolute atomic E-state index is 0.229. The Morgan fingerprint density at radius 1 is 0.946 bits per heavy atom. The number of pyridine rings is 1. The fraction of sp³-hybridized carbons (Fsp3) is 0.394. The molecule has 1 heterocycles. The van der Waals surface area contributed by atoms with Gasteiger partial charge in [0.25, 0.3) is 0 Å². The SMILES string of the molecule is CCOC(=O)/C=C/c1ccc(-c2ccc(OCc3ccccc3)c(C34CC5CC(CC(C5)C3)C4)c2)cn1. The second-order valence-corrected chi connectivity index (χ2v) is 11.2. The zero-order valence-electron chi connectivity index (χ0n) is 21.6. The highest BCUT2D eigenvalue weighted by molar-refractivity contribution is 5.86. The van der Waals surface area contributed by atoms with Crippen LogP contribution >= 0.6 is 0 Å². The average Bonchev–Trinajstić information content (AvgIpc) is 2.91. The maximum atomic E-state index is 11.6. The zero-order chi connectivity index (χ0) is 25.2. The molecule has 190 valence electrons. The van der Waals surface area contributed by atoms with Crippen LogP contribution in [0.4, 0.5) is 0 Å². The predicted molar refractivity (Wildman–Crippen MR) is 146 cm³/mol. The molecule has 37 heavy (non-hydrogen) atoms. The summed E-state index contributed by atoms with van der Waals surface area (Å²) in [6.45, 7) is 2.75. The van der Waals surface area contributed by atoms with Crippen LogP contribution in [0.25, 0.3) is 17.2 Å². The summed E-state index contributed by atoms with van der Waals surface area (Å²) in [6.07, 6.45) is 13.2. The third kappa shape index (κ3) is 5.07. The molecule has 3 aromatic rings. The van der Waals surface area contributed by atoms with Crippen LogP contribution < -0.4 is 4.74 Å². The lowest BCUT2D eigenvalue weighted by atomic mass is 9.48. The minimum atomic E-state index is -0.348. The van der Waals surface area contributed by atoms with Gasteiger partial charge in [-0.1, -0.05) is 42.5 Å². The molecule has 0 radical (unpaired) electrons. The Bertz CT molecular complexity index is 1240. The summed E-state index contributed by atoms with van der Waals surface area (Å²) in [6, 6.07) is 21.2. The number of benzene rings is 2. The minimum Gasteiger partial charge on any atom is -0.489 e. The van der Waals surface area contributed by atoms with Crippen LogP contribution in [0.15, 0.2) is 72.9 Å². The van der Waals surface area contributed by atoms with Crippen molar-refractivity contribution in [3.05, 3.63) is 89.8 Å². The second kappa shape index (κ2) is 10.2. The molecule has 4 nitrogen and oxygen atoms in total. The van der Waals surface area contributed by atoms with Crippen molar-refractivity contribution in [3.8, 4) is 16.9 Å². The molecule has 7 rings (SSSR count). The van der Waals surface area contributed by atoms with Crippen molar-refractivity contribution in [1.82, 2.24) is 4.98 Å². The molecule has 4 saturated carbocycles. The van der Waals surface area contributed by atoms with Gasteiger partial charge in [-0.15, -0.1) is 0 Å². The highest BCUT2D eigenvalue weighted by Crippen LogP contribution is 2.62. The number of ether oxygens (including phenoxy) is 2. The van der Waals surface area contributed by atoms with Crippen LogP contribution in [0, 0.1) is 17.8 Å². The third-order valence-corrected chi connectivity index (χ3v) is 8.62. The molecule has 1 aromatic heterocycles. The van der Waals surface area contributed by atoms with Gasteiger partial charge in [-0.25, -0.2) is 4.79 Å². The molecule has 4 aliphatic carbocycles. The maximum Gasteiger partial charge on any atom is 0.330 e. The molecule has 0 N–H and O–H groups in total. The number of hydrogen-bond acceptors (Lipinski definition) is 4. The lowest BCUT2D eigenvalue weighted by molar-refractivity contribution is -0.137. The third-order valence-electron chi connectivity index (χ3n) is 8.62. The van der Waals surface area contributed by atoms with E-state index in [1.165, 1.54) is 61.3 Å². The summed E-state index contributed by atoms with van der Waals surface area (Å²) in [5.41, 5.74) is 5.80. The molecule has 4 aliphatic rings. The van der Waals surface area contributed by atoms with E-state index in [-0.39, 0.29) is 11.4 Å². The van der Waals surface area contributed by atoms with E-state index >= 15 is 0 Å². The molecule has 4 bridgehead atoms. The Morgan fingerprint density at radius 2 is 1.65 bits per heavy atom. The van der Waals surface area contributed by atoms with Gasteiger partial charge in [0.1, 0.15) is 12.4 Å². The van der Waals surface area contributed by atoms with Crippen molar-refractivity contribution in [2.24, 2.45) is 17.8 Å². The van der Waals surface area contributed by atoms with Crippen molar-refractivity contribution in [2.75, 3.05) is 6.61 Å². The Kier molecular flexibility index (Phi) is 6.58. The van der Waals surface area contributed by atoms with Crippen LogP contribution in [0.2, 0.25) is 0 Å². The molecule has 0 amide bonds. The number of carbonyl (C=O) groups excluding carboxylic acids is 1. The van der Waals surface area contributed by atoms with Crippen LogP contribution in [-0.4, -0.2) is 17.6 Å². The molecular formula is C33H35NO3. The van der Waals surface area contributed by atoms with E-state index < -0.39 is 0 Å². The molecule has 0 unspecified atom stereocenters. The number of nitrogens with zero attached hydrogens (tertiary/aromatic N) is 1. The number of aromatic nitrogens is 1. The van der Waals surface area contributed by atoms with Gasteiger partial charge in [-0.2, -0.15) is 0 Å². The first-order valence-electron chi connectivity index (χ1n) is 13.7. The summed E-state index contributed by atoms with van der Waals surface area (Å²) in [7, 11) is 0. The molecule has 2 aromatic carbocycles. The monoisotopic (exact) mass is 493 g/mol. The van der Waals surface area contributed by atoms with Gasteiger partial charge >= 0.3 is 5.97 Å². The van der Waals surface area contributed by atoms with Crippen molar-refractivity contribution in [2.45, 2.75) is 57.5 Å². The Hall–Kier alpha value is -3.40. The molecule has 4 fully saturated rings. The van der Waals surface area contributed by atoms with E-state index in [0.717, 1.165) is 34.8 Å². The summed E-state index contributed by atoms with van der Waals surface area (Å²) in [5.74, 6) is 3.29. The van der Waals surface area contributed by atoms with Gasteiger partial charge in [0.2, 0.25) is 0 Å². The summed E-state index contributed by atoms with van der Waals surface area (Å²) in [5, 5.41) is 0. The Morgan fingerprint density at radius 3 is 2.30 bits per heavy atom. The number of carbonyl (C=O) groups is 1. The van der Waals surface area contributed by atoms with Gasteiger partial charge < -0.3 is 9.47 Å². The van der Waals surface area contributed by atoms with E-state index in [0.29, 0.717) is 13.2 Å². The Labute approximate surface area is 219 Å². The molecule has 0 aliphatic heterocycles. The first-order chi connectivity index (χ1) is 18.1. The van der Waals surface area contributed by atoms with Crippen LogP contribution in [-0.2, 0) is 21.6 Å². The van der Waals surface area contributed by atoms with Gasteiger partial charge in [0, 0.05) is 23.4 Å². The van der Waals surface area contributed by atoms with E-state index in [1.54, 1.807) is 13.0 Å². The quantitative estimate of drug-likeness (QED) is 0.243. The first-order valence-corrected chi connectivity index (χ1v) is 13.7. The second-order valence-electron chi connectivity index (χ2n) is 11.2. The van der Waals surface area contributed by atoms with E-state index in [4.69, 9.17) is 9.47 Å². The van der Waals surface area contributed by atoms with Crippen molar-refractivity contribution in [3.63, 3.8) is 0 Å². The zero-order valence-corrected chi connectivity index (χ0v) is 21.6. The van der Waals surface area contributed by atoms with Crippen molar-refractivity contribution >= 4 is 12.0 Å². The van der Waals surface area contributed by atoms with E-state index in [1.807, 2.05) is 18.3 Å². The fourth-order valence-corrected chi connectivity index (χ4v) is 7.44. The summed E-state index contributed by atoms with van der Waals surface area (Å²) >= 11 is 0. The maximum absolute atomic E-state index is 11.6. The van der Waals surface area contributed by atoms with Gasteiger partial charge in [-0.05, 0) is 104 Å². The standard InChI is InChI=1S/C33H35NO3/c1-2-36-32(35)13-11-29-10-8-28(21-34-29)27-9-12-31(37-22-23-6-4-3-5-7-23)30(17-27)33-18-24-14-25(19-33)16-26(15-24)20-33/h3-13,17,21,24-26H,2,14-16,18-20,22H2,1H3/b13-11+. The lowest BCUT2D eigenvalue weighted by Crippen LogP contribution is -2.48. The predicted octanol–water partition coefficient (Wildman–Crippen LogP) is 7.37. The summed E-state index contributed by atoms with van der Waals surface area (Å²) in [4.78, 5) is 16.2. The molecular weight excluding hydrogens is 458 g/mol. The average molecular weight is 494 g/mol. The van der Waals surface area contributed by atoms with Crippen LogP contribution in [0.1, 0.15) is 62.3 Å². The normalized spacial score (nSPS) is 25.9.